The third-order valence-electron chi connectivity index (χ3n) is 6.75. The number of carboxylic acids is 1. The Balaban J connectivity index is 2.20. The Hall–Kier alpha value is -2.89. The second kappa shape index (κ2) is 16.1. The van der Waals surface area contributed by atoms with Gasteiger partial charge in [0.05, 0.1) is 17.6 Å². The lowest BCUT2D eigenvalue weighted by Gasteiger charge is -2.32. The quantitative estimate of drug-likeness (QED) is 0.132. The zero-order valence-electron chi connectivity index (χ0n) is 22.7. The summed E-state index contributed by atoms with van der Waals surface area (Å²) in [5.74, 6) is -2.69. The van der Waals surface area contributed by atoms with Gasteiger partial charge in [-0.3, -0.25) is 9.59 Å². The number of carbonyl (C=O) groups excluding carboxylic acids is 2. The maximum Gasteiger partial charge on any atom is 0.338 e. The van der Waals surface area contributed by atoms with Crippen molar-refractivity contribution in [2.75, 3.05) is 0 Å². The van der Waals surface area contributed by atoms with Gasteiger partial charge in [0.1, 0.15) is 0 Å². The predicted molar refractivity (Wildman–Crippen MR) is 145 cm³/mol. The van der Waals surface area contributed by atoms with E-state index in [1.807, 2.05) is 6.92 Å². The van der Waals surface area contributed by atoms with Crippen molar-refractivity contribution in [3.8, 4) is 0 Å². The molecule has 1 aliphatic carbocycles. The van der Waals surface area contributed by atoms with Crippen molar-refractivity contribution >= 4 is 17.9 Å². The zero-order chi connectivity index (χ0) is 27.1. The molecule has 37 heavy (non-hydrogen) atoms. The van der Waals surface area contributed by atoms with Gasteiger partial charge in [0.25, 0.3) is 0 Å². The molecule has 204 valence electrons. The molecule has 0 amide bonds. The highest BCUT2D eigenvalue weighted by Crippen LogP contribution is 2.36. The van der Waals surface area contributed by atoms with Gasteiger partial charge in [-0.25, -0.2) is 4.79 Å². The van der Waals surface area contributed by atoms with Crippen LogP contribution in [0.2, 0.25) is 0 Å². The van der Waals surface area contributed by atoms with E-state index in [-0.39, 0.29) is 18.5 Å². The maximum atomic E-state index is 13.2. The molecule has 0 aliphatic heterocycles. The Morgan fingerprint density at radius 2 is 1.49 bits per heavy atom. The van der Waals surface area contributed by atoms with Gasteiger partial charge in [0.15, 0.2) is 5.60 Å². The summed E-state index contributed by atoms with van der Waals surface area (Å²) in [6.45, 7) is 6.21. The van der Waals surface area contributed by atoms with Crippen LogP contribution in [0.15, 0.2) is 48.6 Å². The van der Waals surface area contributed by atoms with Crippen molar-refractivity contribution < 1.29 is 29.0 Å². The molecule has 1 atom stereocenters. The normalized spacial score (nSPS) is 19.4. The van der Waals surface area contributed by atoms with Crippen LogP contribution in [0, 0.1) is 5.92 Å². The molecule has 1 N–H and O–H groups in total. The Morgan fingerprint density at radius 3 is 2.14 bits per heavy atom. The standard InChI is InChI=1S/C31H44O6/c1-4-6-8-10-11-13-19-28(32)37-31(22-20-25(21-23-31)29(33)34)27-18-15-14-17-26(27)30(35)36-24(3)16-12-9-7-5-2/h14-15,17-18,20-25H,4-13,16,19H2,1-3H3,(H,33,34)/t24-,25?,31?/m1/s1. The molecule has 2 rings (SSSR count). The van der Waals surface area contributed by atoms with E-state index in [4.69, 9.17) is 9.47 Å². The molecule has 0 heterocycles. The molecule has 6 nitrogen and oxygen atoms in total. The number of aliphatic carboxylic acids is 1. The fraction of sp³-hybridized carbons (Fsp3) is 0.581. The van der Waals surface area contributed by atoms with E-state index in [1.54, 1.807) is 36.4 Å². The first-order chi connectivity index (χ1) is 17.8. The highest BCUT2D eigenvalue weighted by atomic mass is 16.6. The van der Waals surface area contributed by atoms with E-state index in [9.17, 15) is 19.5 Å². The van der Waals surface area contributed by atoms with Crippen molar-refractivity contribution in [2.24, 2.45) is 5.92 Å². The third kappa shape index (κ3) is 9.83. The lowest BCUT2D eigenvalue weighted by molar-refractivity contribution is -0.152. The number of hydrogen-bond acceptors (Lipinski definition) is 5. The van der Waals surface area contributed by atoms with E-state index >= 15 is 0 Å². The van der Waals surface area contributed by atoms with Gasteiger partial charge in [-0.2, -0.15) is 0 Å². The highest BCUT2D eigenvalue weighted by Gasteiger charge is 2.38. The fourth-order valence-corrected chi connectivity index (χ4v) is 4.53. The van der Waals surface area contributed by atoms with Crippen LogP contribution in [0.5, 0.6) is 0 Å². The number of rotatable bonds is 17. The first kappa shape index (κ1) is 30.3. The summed E-state index contributed by atoms with van der Waals surface area (Å²) in [7, 11) is 0. The van der Waals surface area contributed by atoms with Crippen molar-refractivity contribution in [3.05, 3.63) is 59.7 Å². The summed E-state index contributed by atoms with van der Waals surface area (Å²) in [4.78, 5) is 37.6. The second-order valence-corrected chi connectivity index (χ2v) is 9.98. The van der Waals surface area contributed by atoms with Crippen molar-refractivity contribution in [1.29, 1.82) is 0 Å². The van der Waals surface area contributed by atoms with Crippen LogP contribution in [-0.2, 0) is 24.7 Å². The highest BCUT2D eigenvalue weighted by molar-refractivity contribution is 5.92. The zero-order valence-corrected chi connectivity index (χ0v) is 22.7. The van der Waals surface area contributed by atoms with Crippen LogP contribution in [0.25, 0.3) is 0 Å². The molecule has 1 aliphatic rings. The molecule has 0 spiro atoms. The summed E-state index contributed by atoms with van der Waals surface area (Å²) in [5.41, 5.74) is -0.602. The lowest BCUT2D eigenvalue weighted by atomic mass is 9.83. The second-order valence-electron chi connectivity index (χ2n) is 9.98. The average molecular weight is 513 g/mol. The third-order valence-corrected chi connectivity index (χ3v) is 6.75. The fourth-order valence-electron chi connectivity index (χ4n) is 4.53. The summed E-state index contributed by atoms with van der Waals surface area (Å²) in [6.07, 6.45) is 17.6. The van der Waals surface area contributed by atoms with Crippen LogP contribution in [0.3, 0.4) is 0 Å². The number of esters is 2. The molecule has 0 fully saturated rings. The Kier molecular flexibility index (Phi) is 13.2. The summed E-state index contributed by atoms with van der Waals surface area (Å²) >= 11 is 0. The Bertz CT molecular complexity index is 917. The topological polar surface area (TPSA) is 89.9 Å². The van der Waals surface area contributed by atoms with E-state index in [2.05, 4.69) is 13.8 Å². The minimum absolute atomic E-state index is 0.238. The minimum Gasteiger partial charge on any atom is -0.481 e. The van der Waals surface area contributed by atoms with Gasteiger partial charge in [-0.05, 0) is 44.4 Å². The number of ether oxygens (including phenoxy) is 2. The molecule has 0 bridgehead atoms. The molecule has 1 aromatic carbocycles. The van der Waals surface area contributed by atoms with E-state index < -0.39 is 23.5 Å². The number of benzene rings is 1. The molecular formula is C31H44O6. The van der Waals surface area contributed by atoms with Crippen LogP contribution in [-0.4, -0.2) is 29.1 Å². The van der Waals surface area contributed by atoms with Crippen LogP contribution >= 0.6 is 0 Å². The van der Waals surface area contributed by atoms with Crippen LogP contribution in [0.1, 0.15) is 114 Å². The average Bonchev–Trinajstić information content (AvgIpc) is 2.89. The molecule has 0 unspecified atom stereocenters. The van der Waals surface area contributed by atoms with Crippen LogP contribution < -0.4 is 0 Å². The summed E-state index contributed by atoms with van der Waals surface area (Å²) in [6, 6.07) is 6.91. The molecule has 0 saturated carbocycles. The van der Waals surface area contributed by atoms with Crippen molar-refractivity contribution in [2.45, 2.75) is 110 Å². The lowest BCUT2D eigenvalue weighted by Crippen LogP contribution is -2.33. The van der Waals surface area contributed by atoms with E-state index in [0.29, 0.717) is 11.1 Å². The first-order valence-corrected chi connectivity index (χ1v) is 14.0. The predicted octanol–water partition coefficient (Wildman–Crippen LogP) is 7.52. The van der Waals surface area contributed by atoms with Gasteiger partial charge in [-0.1, -0.05) is 95.6 Å². The Labute approximate surface area is 222 Å². The molecule has 0 aromatic heterocycles. The number of hydrogen-bond donors (Lipinski definition) is 1. The minimum atomic E-state index is -1.37. The monoisotopic (exact) mass is 512 g/mol. The molecular weight excluding hydrogens is 468 g/mol. The van der Waals surface area contributed by atoms with Gasteiger partial charge in [-0.15, -0.1) is 0 Å². The van der Waals surface area contributed by atoms with Crippen LogP contribution in [0.4, 0.5) is 0 Å². The SMILES string of the molecule is CCCCCCCCC(=O)OC1(c2ccccc2C(=O)O[C@H](C)CCCCCC)C=CC(C(=O)O)C=C1. The largest absolute Gasteiger partial charge is 0.481 e. The van der Waals surface area contributed by atoms with Crippen molar-refractivity contribution in [3.63, 3.8) is 0 Å². The number of carbonyl (C=O) groups is 3. The molecule has 0 saturated heterocycles. The van der Waals surface area contributed by atoms with Gasteiger partial charge >= 0.3 is 17.9 Å². The van der Waals surface area contributed by atoms with Gasteiger partial charge < -0.3 is 14.6 Å². The smallest absolute Gasteiger partial charge is 0.338 e. The first-order valence-electron chi connectivity index (χ1n) is 14.0. The number of unbranched alkanes of at least 4 members (excludes halogenated alkanes) is 8. The summed E-state index contributed by atoms with van der Waals surface area (Å²) < 4.78 is 11.7. The molecule has 6 heteroatoms. The van der Waals surface area contributed by atoms with Crippen molar-refractivity contribution in [1.82, 2.24) is 0 Å². The molecule has 0 radical (unpaired) electrons. The van der Waals surface area contributed by atoms with Gasteiger partial charge in [0, 0.05) is 12.0 Å². The summed E-state index contributed by atoms with van der Waals surface area (Å²) in [5, 5.41) is 9.43. The van der Waals surface area contributed by atoms with E-state index in [0.717, 1.165) is 57.8 Å². The number of carboxylic acid groups (broad SMARTS) is 1. The van der Waals surface area contributed by atoms with Gasteiger partial charge in [0.2, 0.25) is 0 Å². The van der Waals surface area contributed by atoms with E-state index in [1.165, 1.54) is 25.0 Å². The molecule has 1 aromatic rings. The Morgan fingerprint density at radius 1 is 0.892 bits per heavy atom. The maximum absolute atomic E-state index is 13.2.